The molecule has 0 aliphatic carbocycles. The van der Waals surface area contributed by atoms with E-state index in [9.17, 15) is 0 Å². The molecule has 0 atom stereocenters. The van der Waals surface area contributed by atoms with Crippen molar-refractivity contribution in [2.75, 3.05) is 26.3 Å². The van der Waals surface area contributed by atoms with Crippen molar-refractivity contribution >= 4 is 27.5 Å². The largest absolute Gasteiger partial charge is 0.491 e. The van der Waals surface area contributed by atoms with Gasteiger partial charge in [-0.3, -0.25) is 0 Å². The van der Waals surface area contributed by atoms with E-state index in [0.29, 0.717) is 30.5 Å². The Labute approximate surface area is 103 Å². The molecular formula is C10H13BrClNO2. The van der Waals surface area contributed by atoms with E-state index in [1.807, 2.05) is 12.1 Å². The average Bonchev–Trinajstić information content (AvgIpc) is 2.20. The van der Waals surface area contributed by atoms with Crippen LogP contribution in [0.1, 0.15) is 0 Å². The van der Waals surface area contributed by atoms with Gasteiger partial charge >= 0.3 is 0 Å². The van der Waals surface area contributed by atoms with E-state index >= 15 is 0 Å². The van der Waals surface area contributed by atoms with Crippen LogP contribution in [-0.4, -0.2) is 31.4 Å². The van der Waals surface area contributed by atoms with Crippen LogP contribution in [0.3, 0.4) is 0 Å². The molecule has 0 heterocycles. The zero-order valence-electron chi connectivity index (χ0n) is 8.17. The number of benzene rings is 1. The molecule has 1 aromatic carbocycles. The summed E-state index contributed by atoms with van der Waals surface area (Å²) in [4.78, 5) is 0. The van der Waals surface area contributed by atoms with Crippen molar-refractivity contribution in [3.05, 3.63) is 27.7 Å². The highest BCUT2D eigenvalue weighted by molar-refractivity contribution is 9.10. The molecule has 0 spiro atoms. The summed E-state index contributed by atoms with van der Waals surface area (Å²) in [6.07, 6.45) is 0. The topological polar surface area (TPSA) is 41.5 Å². The molecule has 1 rings (SSSR count). The second-order valence-electron chi connectivity index (χ2n) is 2.90. The first-order valence-corrected chi connectivity index (χ1v) is 5.80. The maximum Gasteiger partial charge on any atom is 0.138 e. The summed E-state index contributed by atoms with van der Waals surface area (Å²) in [5, 5.41) is 12.1. The molecule has 15 heavy (non-hydrogen) atoms. The first-order chi connectivity index (χ1) is 7.24. The van der Waals surface area contributed by atoms with Gasteiger partial charge in [0.1, 0.15) is 12.4 Å². The molecule has 0 radical (unpaired) electrons. The van der Waals surface area contributed by atoms with Crippen LogP contribution in [-0.2, 0) is 0 Å². The molecule has 0 aliphatic heterocycles. The lowest BCUT2D eigenvalue weighted by Gasteiger charge is -2.08. The molecule has 5 heteroatoms. The number of halogens is 2. The molecule has 1 aromatic rings. The molecule has 0 saturated carbocycles. The lowest BCUT2D eigenvalue weighted by atomic mass is 10.3. The van der Waals surface area contributed by atoms with Crippen LogP contribution in [0.4, 0.5) is 0 Å². The van der Waals surface area contributed by atoms with E-state index in [1.54, 1.807) is 6.07 Å². The third kappa shape index (κ3) is 4.84. The maximum absolute atomic E-state index is 8.53. The van der Waals surface area contributed by atoms with Crippen LogP contribution in [0.2, 0.25) is 5.02 Å². The standard InChI is InChI=1S/C10H13BrClNO2/c11-8-1-2-10(9(12)7-8)15-6-4-13-3-5-14/h1-2,7,13-14H,3-6H2. The van der Waals surface area contributed by atoms with E-state index in [2.05, 4.69) is 21.2 Å². The highest BCUT2D eigenvalue weighted by Crippen LogP contribution is 2.27. The fraction of sp³-hybridized carbons (Fsp3) is 0.400. The Hall–Kier alpha value is -0.290. The van der Waals surface area contributed by atoms with Crippen molar-refractivity contribution in [3.8, 4) is 5.75 Å². The second kappa shape index (κ2) is 7.06. The molecule has 0 bridgehead atoms. The molecule has 0 aliphatic rings. The third-order valence-corrected chi connectivity index (χ3v) is 2.51. The Kier molecular flexibility index (Phi) is 6.02. The Balaban J connectivity index is 2.31. The number of ether oxygens (including phenoxy) is 1. The minimum Gasteiger partial charge on any atom is -0.491 e. The fourth-order valence-corrected chi connectivity index (χ4v) is 1.76. The summed E-state index contributed by atoms with van der Waals surface area (Å²) in [6, 6.07) is 5.48. The molecule has 2 N–H and O–H groups in total. The van der Waals surface area contributed by atoms with Crippen molar-refractivity contribution in [1.82, 2.24) is 5.32 Å². The lowest BCUT2D eigenvalue weighted by Crippen LogP contribution is -2.23. The van der Waals surface area contributed by atoms with Crippen molar-refractivity contribution in [3.63, 3.8) is 0 Å². The lowest BCUT2D eigenvalue weighted by molar-refractivity contribution is 0.276. The van der Waals surface area contributed by atoms with Gasteiger partial charge in [0.2, 0.25) is 0 Å². The zero-order valence-corrected chi connectivity index (χ0v) is 10.5. The minimum atomic E-state index is 0.138. The summed E-state index contributed by atoms with van der Waals surface area (Å²) in [5.41, 5.74) is 0. The summed E-state index contributed by atoms with van der Waals surface area (Å²) in [5.74, 6) is 0.672. The quantitative estimate of drug-likeness (QED) is 0.789. The van der Waals surface area contributed by atoms with Crippen molar-refractivity contribution in [2.24, 2.45) is 0 Å². The molecule has 84 valence electrons. The van der Waals surface area contributed by atoms with E-state index in [4.69, 9.17) is 21.4 Å². The smallest absolute Gasteiger partial charge is 0.138 e. The van der Waals surface area contributed by atoms with Crippen LogP contribution in [0.5, 0.6) is 5.75 Å². The van der Waals surface area contributed by atoms with Crippen LogP contribution in [0.15, 0.2) is 22.7 Å². The minimum absolute atomic E-state index is 0.138. The predicted molar refractivity (Wildman–Crippen MR) is 64.6 cm³/mol. The molecule has 0 saturated heterocycles. The van der Waals surface area contributed by atoms with E-state index in [1.165, 1.54) is 0 Å². The Morgan fingerprint density at radius 3 is 2.87 bits per heavy atom. The van der Waals surface area contributed by atoms with Crippen molar-refractivity contribution < 1.29 is 9.84 Å². The number of aliphatic hydroxyl groups excluding tert-OH is 1. The number of aliphatic hydroxyl groups is 1. The van der Waals surface area contributed by atoms with Gasteiger partial charge in [-0.2, -0.15) is 0 Å². The average molecular weight is 295 g/mol. The highest BCUT2D eigenvalue weighted by Gasteiger charge is 2.01. The predicted octanol–water partition coefficient (Wildman–Crippen LogP) is 2.06. The van der Waals surface area contributed by atoms with E-state index in [-0.39, 0.29) is 6.61 Å². The first-order valence-electron chi connectivity index (χ1n) is 4.63. The van der Waals surface area contributed by atoms with Crippen molar-refractivity contribution in [1.29, 1.82) is 0 Å². The van der Waals surface area contributed by atoms with Gasteiger partial charge < -0.3 is 15.2 Å². The zero-order chi connectivity index (χ0) is 11.1. The normalized spacial score (nSPS) is 10.3. The van der Waals surface area contributed by atoms with E-state index < -0.39 is 0 Å². The van der Waals surface area contributed by atoms with Gasteiger partial charge in [-0.05, 0) is 18.2 Å². The highest BCUT2D eigenvalue weighted by atomic mass is 79.9. The second-order valence-corrected chi connectivity index (χ2v) is 4.22. The van der Waals surface area contributed by atoms with Crippen LogP contribution >= 0.6 is 27.5 Å². The van der Waals surface area contributed by atoms with Crippen molar-refractivity contribution in [2.45, 2.75) is 0 Å². The van der Waals surface area contributed by atoms with Crippen LogP contribution in [0.25, 0.3) is 0 Å². The Morgan fingerprint density at radius 2 is 2.20 bits per heavy atom. The summed E-state index contributed by atoms with van der Waals surface area (Å²) in [7, 11) is 0. The van der Waals surface area contributed by atoms with Gasteiger partial charge in [0.15, 0.2) is 0 Å². The molecule has 0 unspecified atom stereocenters. The SMILES string of the molecule is OCCNCCOc1ccc(Br)cc1Cl. The maximum atomic E-state index is 8.53. The Bertz CT molecular complexity index is 309. The van der Waals surface area contributed by atoms with Gasteiger partial charge in [0, 0.05) is 17.6 Å². The van der Waals surface area contributed by atoms with E-state index in [0.717, 1.165) is 4.47 Å². The number of hydrogen-bond acceptors (Lipinski definition) is 3. The number of hydrogen-bond donors (Lipinski definition) is 2. The number of nitrogens with one attached hydrogen (secondary N) is 1. The van der Waals surface area contributed by atoms with Gasteiger partial charge in [-0.15, -0.1) is 0 Å². The fourth-order valence-electron chi connectivity index (χ4n) is 1.03. The molecular weight excluding hydrogens is 281 g/mol. The first kappa shape index (κ1) is 12.8. The van der Waals surface area contributed by atoms with Gasteiger partial charge in [0.25, 0.3) is 0 Å². The monoisotopic (exact) mass is 293 g/mol. The van der Waals surface area contributed by atoms with Gasteiger partial charge in [0.05, 0.1) is 11.6 Å². The molecule has 3 nitrogen and oxygen atoms in total. The Morgan fingerprint density at radius 1 is 1.40 bits per heavy atom. The van der Waals surface area contributed by atoms with Crippen LogP contribution < -0.4 is 10.1 Å². The molecule has 0 fully saturated rings. The van der Waals surface area contributed by atoms with Crippen LogP contribution in [0, 0.1) is 0 Å². The summed E-state index contributed by atoms with van der Waals surface area (Å²) < 4.78 is 6.37. The molecule has 0 aromatic heterocycles. The number of rotatable bonds is 6. The third-order valence-electron chi connectivity index (χ3n) is 1.72. The summed E-state index contributed by atoms with van der Waals surface area (Å²) in [6.45, 7) is 1.94. The molecule has 0 amide bonds. The van der Waals surface area contributed by atoms with Gasteiger partial charge in [-0.25, -0.2) is 0 Å². The summed E-state index contributed by atoms with van der Waals surface area (Å²) >= 11 is 9.27. The van der Waals surface area contributed by atoms with Gasteiger partial charge in [-0.1, -0.05) is 27.5 Å².